The lowest BCUT2D eigenvalue weighted by molar-refractivity contribution is -0.119. The first-order chi connectivity index (χ1) is 7.66. The molecule has 0 aliphatic heterocycles. The first kappa shape index (κ1) is 11.6. The van der Waals surface area contributed by atoms with E-state index >= 15 is 0 Å². The minimum atomic E-state index is -0.0378. The number of carbonyl (C=O) groups is 1. The van der Waals surface area contributed by atoms with Crippen molar-refractivity contribution >= 4 is 39.3 Å². The molecule has 1 heterocycles. The number of nitrogens with zero attached hydrogens (tertiary/aromatic N) is 2. The van der Waals surface area contributed by atoms with Crippen LogP contribution in [0.2, 0.25) is 5.15 Å². The number of hydrogen-bond acceptors (Lipinski definition) is 4. The summed E-state index contributed by atoms with van der Waals surface area (Å²) in [6, 6.07) is 0.367. The summed E-state index contributed by atoms with van der Waals surface area (Å²) in [5.74, 6) is 0.482. The quantitative estimate of drug-likeness (QED) is 0.829. The molecule has 1 saturated carbocycles. The summed E-state index contributed by atoms with van der Waals surface area (Å²) >= 11 is 9.03. The highest BCUT2D eigenvalue weighted by Crippen LogP contribution is 2.25. The molecule has 0 atom stereocenters. The number of aromatic nitrogens is 2. The average molecular weight is 306 g/mol. The molecule has 16 heavy (non-hydrogen) atoms. The van der Waals surface area contributed by atoms with Crippen molar-refractivity contribution in [2.45, 2.75) is 18.9 Å². The Morgan fingerprint density at radius 2 is 2.31 bits per heavy atom. The summed E-state index contributed by atoms with van der Waals surface area (Å²) < 4.78 is 0.566. The van der Waals surface area contributed by atoms with Gasteiger partial charge in [-0.05, 0) is 28.8 Å². The van der Waals surface area contributed by atoms with E-state index in [-0.39, 0.29) is 12.5 Å². The molecule has 0 radical (unpaired) electrons. The van der Waals surface area contributed by atoms with Crippen molar-refractivity contribution in [1.29, 1.82) is 0 Å². The van der Waals surface area contributed by atoms with Crippen LogP contribution >= 0.6 is 27.5 Å². The Morgan fingerprint density at radius 3 is 3.00 bits per heavy atom. The molecule has 1 aromatic rings. The third-order valence-electron chi connectivity index (χ3n) is 2.11. The fourth-order valence-electron chi connectivity index (χ4n) is 1.14. The minimum Gasteiger partial charge on any atom is -0.360 e. The Morgan fingerprint density at radius 1 is 1.56 bits per heavy atom. The Labute approximate surface area is 106 Å². The Bertz CT molecular complexity index is 410. The monoisotopic (exact) mass is 304 g/mol. The van der Waals surface area contributed by atoms with Crippen molar-refractivity contribution in [2.75, 3.05) is 11.9 Å². The van der Waals surface area contributed by atoms with Gasteiger partial charge in [0.05, 0.1) is 11.0 Å². The molecule has 7 heteroatoms. The topological polar surface area (TPSA) is 66.9 Å². The first-order valence-corrected chi connectivity index (χ1v) is 6.03. The van der Waals surface area contributed by atoms with Gasteiger partial charge in [-0.25, -0.2) is 9.97 Å². The summed E-state index contributed by atoms with van der Waals surface area (Å²) in [6.07, 6.45) is 3.50. The normalized spacial score (nSPS) is 14.6. The Kier molecular flexibility index (Phi) is 3.60. The van der Waals surface area contributed by atoms with Crippen molar-refractivity contribution in [1.82, 2.24) is 15.3 Å². The molecule has 1 aliphatic rings. The van der Waals surface area contributed by atoms with Gasteiger partial charge in [0.2, 0.25) is 5.91 Å². The van der Waals surface area contributed by atoms with E-state index in [0.717, 1.165) is 12.8 Å². The molecule has 2 rings (SSSR count). The average Bonchev–Trinajstić information content (AvgIpc) is 3.04. The van der Waals surface area contributed by atoms with Crippen LogP contribution < -0.4 is 10.6 Å². The fraction of sp³-hybridized carbons (Fsp3) is 0.444. The van der Waals surface area contributed by atoms with Crippen LogP contribution in [0.3, 0.4) is 0 Å². The third kappa shape index (κ3) is 3.05. The van der Waals surface area contributed by atoms with Crippen LogP contribution in [0.1, 0.15) is 12.8 Å². The van der Waals surface area contributed by atoms with Gasteiger partial charge >= 0.3 is 0 Å². The maximum Gasteiger partial charge on any atom is 0.239 e. The van der Waals surface area contributed by atoms with Crippen molar-refractivity contribution < 1.29 is 4.79 Å². The zero-order valence-electron chi connectivity index (χ0n) is 8.33. The molecule has 1 fully saturated rings. The Hall–Kier alpha value is -0.880. The predicted octanol–water partition coefficient (Wildman–Crippen LogP) is 1.58. The van der Waals surface area contributed by atoms with E-state index in [1.807, 2.05) is 0 Å². The van der Waals surface area contributed by atoms with E-state index in [0.29, 0.717) is 21.5 Å². The van der Waals surface area contributed by atoms with Crippen LogP contribution in [0.25, 0.3) is 0 Å². The van der Waals surface area contributed by atoms with Gasteiger partial charge < -0.3 is 10.6 Å². The molecule has 5 nitrogen and oxygen atoms in total. The lowest BCUT2D eigenvalue weighted by Crippen LogP contribution is -2.31. The summed E-state index contributed by atoms with van der Waals surface area (Å²) in [6.45, 7) is 0.183. The van der Waals surface area contributed by atoms with Gasteiger partial charge in [0.15, 0.2) is 0 Å². The number of hydrogen-bond donors (Lipinski definition) is 2. The van der Waals surface area contributed by atoms with Gasteiger partial charge in [0, 0.05) is 6.04 Å². The van der Waals surface area contributed by atoms with E-state index in [4.69, 9.17) is 11.6 Å². The van der Waals surface area contributed by atoms with E-state index in [2.05, 4.69) is 36.5 Å². The van der Waals surface area contributed by atoms with Gasteiger partial charge in [0.1, 0.15) is 17.3 Å². The molecule has 1 amide bonds. The zero-order chi connectivity index (χ0) is 11.5. The second-order valence-corrected chi connectivity index (χ2v) is 4.67. The molecule has 0 aromatic carbocycles. The first-order valence-electron chi connectivity index (χ1n) is 4.86. The maximum atomic E-state index is 11.4. The minimum absolute atomic E-state index is 0.0378. The predicted molar refractivity (Wildman–Crippen MR) is 64.4 cm³/mol. The van der Waals surface area contributed by atoms with Crippen molar-refractivity contribution in [2.24, 2.45) is 0 Å². The summed E-state index contributed by atoms with van der Waals surface area (Å²) in [4.78, 5) is 19.2. The van der Waals surface area contributed by atoms with Gasteiger partial charge in [-0.2, -0.15) is 0 Å². The fourth-order valence-corrected chi connectivity index (χ4v) is 1.62. The summed E-state index contributed by atoms with van der Waals surface area (Å²) in [5.41, 5.74) is 0. The van der Waals surface area contributed by atoms with Crippen molar-refractivity contribution in [3.05, 3.63) is 16.0 Å². The van der Waals surface area contributed by atoms with Gasteiger partial charge in [-0.15, -0.1) is 0 Å². The zero-order valence-corrected chi connectivity index (χ0v) is 10.7. The number of rotatable bonds is 4. The molecule has 86 valence electrons. The molecule has 2 N–H and O–H groups in total. The molecular formula is C9H10BrClN4O. The van der Waals surface area contributed by atoms with Gasteiger partial charge in [-0.3, -0.25) is 4.79 Å². The number of carbonyl (C=O) groups excluding carboxylic acids is 1. The lowest BCUT2D eigenvalue weighted by atomic mass is 10.5. The van der Waals surface area contributed by atoms with Gasteiger partial charge in [-0.1, -0.05) is 11.6 Å². The molecule has 0 saturated heterocycles. The van der Waals surface area contributed by atoms with Crippen LogP contribution in [0.5, 0.6) is 0 Å². The van der Waals surface area contributed by atoms with Gasteiger partial charge in [0.25, 0.3) is 0 Å². The smallest absolute Gasteiger partial charge is 0.239 e. The number of anilines is 1. The third-order valence-corrected chi connectivity index (χ3v) is 3.37. The van der Waals surface area contributed by atoms with Crippen LogP contribution in [-0.4, -0.2) is 28.5 Å². The van der Waals surface area contributed by atoms with Crippen LogP contribution in [-0.2, 0) is 4.79 Å². The Balaban J connectivity index is 1.88. The number of nitrogens with one attached hydrogen (secondary N) is 2. The van der Waals surface area contributed by atoms with E-state index in [1.165, 1.54) is 6.33 Å². The molecule has 1 aliphatic carbocycles. The molecule has 0 unspecified atom stereocenters. The SMILES string of the molecule is O=C(CNc1ncnc(Cl)c1Br)NC1CC1. The number of amides is 1. The van der Waals surface area contributed by atoms with E-state index in [9.17, 15) is 4.79 Å². The van der Waals surface area contributed by atoms with E-state index in [1.54, 1.807) is 0 Å². The summed E-state index contributed by atoms with van der Waals surface area (Å²) in [7, 11) is 0. The van der Waals surface area contributed by atoms with Crippen LogP contribution in [0.15, 0.2) is 10.8 Å². The van der Waals surface area contributed by atoms with Crippen molar-refractivity contribution in [3.63, 3.8) is 0 Å². The second-order valence-electron chi connectivity index (χ2n) is 3.52. The van der Waals surface area contributed by atoms with Crippen molar-refractivity contribution in [3.8, 4) is 0 Å². The highest BCUT2D eigenvalue weighted by Gasteiger charge is 2.23. The molecule has 1 aromatic heterocycles. The largest absolute Gasteiger partial charge is 0.360 e. The molecule has 0 bridgehead atoms. The highest BCUT2D eigenvalue weighted by molar-refractivity contribution is 9.10. The number of halogens is 2. The summed E-state index contributed by atoms with van der Waals surface area (Å²) in [5, 5.41) is 6.08. The van der Waals surface area contributed by atoms with Crippen LogP contribution in [0.4, 0.5) is 5.82 Å². The molecular weight excluding hydrogens is 295 g/mol. The highest BCUT2D eigenvalue weighted by atomic mass is 79.9. The molecule has 0 spiro atoms. The second kappa shape index (κ2) is 4.97. The standard InChI is InChI=1S/C9H10BrClN4O/c10-7-8(11)13-4-14-9(7)12-3-6(16)15-5-1-2-5/h4-5H,1-3H2,(H,15,16)(H,12,13,14). The van der Waals surface area contributed by atoms with Crippen LogP contribution in [0, 0.1) is 0 Å². The lowest BCUT2D eigenvalue weighted by Gasteiger charge is -2.07. The maximum absolute atomic E-state index is 11.4. The van der Waals surface area contributed by atoms with E-state index < -0.39 is 0 Å².